The van der Waals surface area contributed by atoms with Gasteiger partial charge in [0.1, 0.15) is 5.82 Å². The molecule has 0 saturated heterocycles. The molecule has 0 heterocycles. The molecule has 2 fully saturated rings. The van der Waals surface area contributed by atoms with Gasteiger partial charge >= 0.3 is 0 Å². The zero-order valence-electron chi connectivity index (χ0n) is 10.5. The van der Waals surface area contributed by atoms with E-state index in [2.05, 4.69) is 0 Å². The maximum atomic E-state index is 13.5. The van der Waals surface area contributed by atoms with Crippen molar-refractivity contribution in [3.63, 3.8) is 0 Å². The molecule has 4 nitrogen and oxygen atoms in total. The number of anilines is 1. The molecule has 0 amide bonds. The molecule has 2 N–H and O–H groups in total. The van der Waals surface area contributed by atoms with Crippen LogP contribution in [0.1, 0.15) is 25.7 Å². The number of halogens is 1. The lowest BCUT2D eigenvalue weighted by molar-refractivity contribution is 0.388. The van der Waals surface area contributed by atoms with Crippen LogP contribution in [0.5, 0.6) is 0 Å². The Morgan fingerprint density at radius 3 is 2.47 bits per heavy atom. The average Bonchev–Trinajstić information content (AvgIpc) is 3.23. The number of benzene rings is 1. The largest absolute Gasteiger partial charge is 0.396 e. The molecule has 0 unspecified atom stereocenters. The van der Waals surface area contributed by atoms with Gasteiger partial charge in [-0.15, -0.1) is 0 Å². The van der Waals surface area contributed by atoms with E-state index in [1.807, 2.05) is 0 Å². The predicted molar refractivity (Wildman–Crippen MR) is 70.5 cm³/mol. The van der Waals surface area contributed by atoms with Crippen LogP contribution in [0.15, 0.2) is 23.1 Å². The standard InChI is InChI=1S/C13H17FN2O2S/c14-12-7-11(5-6-13(12)15)19(17,18)16(10-3-4-10)8-9-1-2-9/h5-7,9-10H,1-4,8,15H2. The average molecular weight is 284 g/mol. The van der Waals surface area contributed by atoms with Crippen molar-refractivity contribution in [1.82, 2.24) is 4.31 Å². The highest BCUT2D eigenvalue weighted by Crippen LogP contribution is 2.38. The Hall–Kier alpha value is -1.14. The minimum atomic E-state index is -3.59. The molecule has 3 rings (SSSR count). The third-order valence-electron chi connectivity index (χ3n) is 3.67. The van der Waals surface area contributed by atoms with Gasteiger partial charge in [0.05, 0.1) is 10.6 Å². The van der Waals surface area contributed by atoms with E-state index < -0.39 is 15.8 Å². The second-order valence-corrected chi connectivity index (χ2v) is 7.32. The van der Waals surface area contributed by atoms with E-state index in [0.29, 0.717) is 12.5 Å². The molecule has 2 saturated carbocycles. The smallest absolute Gasteiger partial charge is 0.243 e. The fourth-order valence-electron chi connectivity index (χ4n) is 2.16. The van der Waals surface area contributed by atoms with E-state index in [1.165, 1.54) is 12.1 Å². The highest BCUT2D eigenvalue weighted by molar-refractivity contribution is 7.89. The molecule has 0 aliphatic heterocycles. The van der Waals surface area contributed by atoms with Crippen LogP contribution < -0.4 is 5.73 Å². The summed E-state index contributed by atoms with van der Waals surface area (Å²) in [6.45, 7) is 0.568. The Bertz CT molecular complexity index is 595. The molecule has 0 bridgehead atoms. The first kappa shape index (κ1) is 12.9. The van der Waals surface area contributed by atoms with Gasteiger partial charge < -0.3 is 5.73 Å². The number of nitrogens with zero attached hydrogens (tertiary/aromatic N) is 1. The number of sulfonamides is 1. The Morgan fingerprint density at radius 2 is 1.95 bits per heavy atom. The van der Waals surface area contributed by atoms with Gasteiger partial charge in [0.25, 0.3) is 0 Å². The summed E-state index contributed by atoms with van der Waals surface area (Å²) in [6, 6.07) is 3.82. The van der Waals surface area contributed by atoms with Crippen LogP contribution in [0, 0.1) is 11.7 Å². The van der Waals surface area contributed by atoms with Crippen LogP contribution in [0.25, 0.3) is 0 Å². The molecule has 2 aliphatic rings. The summed E-state index contributed by atoms with van der Waals surface area (Å²) in [5, 5.41) is 0. The second kappa shape index (κ2) is 4.45. The van der Waals surface area contributed by atoms with Crippen LogP contribution in [-0.4, -0.2) is 25.3 Å². The molecule has 1 aromatic rings. The number of rotatable bonds is 5. The van der Waals surface area contributed by atoms with E-state index in [9.17, 15) is 12.8 Å². The second-order valence-electron chi connectivity index (χ2n) is 5.43. The first-order valence-electron chi connectivity index (χ1n) is 6.55. The fraction of sp³-hybridized carbons (Fsp3) is 0.538. The van der Waals surface area contributed by atoms with Crippen LogP contribution in [-0.2, 0) is 10.0 Å². The van der Waals surface area contributed by atoms with Crippen LogP contribution in [0.2, 0.25) is 0 Å². The topological polar surface area (TPSA) is 63.4 Å². The third-order valence-corrected chi connectivity index (χ3v) is 5.58. The molecule has 6 heteroatoms. The van der Waals surface area contributed by atoms with Crippen molar-refractivity contribution in [3.05, 3.63) is 24.0 Å². The summed E-state index contributed by atoms with van der Waals surface area (Å²) in [5.41, 5.74) is 5.36. The maximum absolute atomic E-state index is 13.5. The summed E-state index contributed by atoms with van der Waals surface area (Å²) < 4.78 is 40.1. The predicted octanol–water partition coefficient (Wildman–Crippen LogP) is 1.97. The van der Waals surface area contributed by atoms with E-state index in [-0.39, 0.29) is 16.6 Å². The highest BCUT2D eigenvalue weighted by Gasteiger charge is 2.41. The quantitative estimate of drug-likeness (QED) is 0.841. The third kappa shape index (κ3) is 2.60. The van der Waals surface area contributed by atoms with Crippen LogP contribution in [0.4, 0.5) is 10.1 Å². The molecule has 1 aromatic carbocycles. The lowest BCUT2D eigenvalue weighted by Gasteiger charge is -2.21. The summed E-state index contributed by atoms with van der Waals surface area (Å²) in [5.74, 6) is -0.197. The molecule has 0 atom stereocenters. The molecule has 19 heavy (non-hydrogen) atoms. The maximum Gasteiger partial charge on any atom is 0.243 e. The Labute approximate surface area is 112 Å². The van der Waals surface area contributed by atoms with Gasteiger partial charge in [0.15, 0.2) is 0 Å². The number of nitrogens with two attached hydrogens (primary N) is 1. The minimum Gasteiger partial charge on any atom is -0.396 e. The van der Waals surface area contributed by atoms with Crippen molar-refractivity contribution >= 4 is 15.7 Å². The molecule has 0 aromatic heterocycles. The normalized spacial score (nSPS) is 19.9. The van der Waals surface area contributed by atoms with Gasteiger partial charge in [0.2, 0.25) is 10.0 Å². The number of nitrogen functional groups attached to an aromatic ring is 1. The van der Waals surface area contributed by atoms with Gasteiger partial charge in [-0.05, 0) is 49.8 Å². The SMILES string of the molecule is Nc1ccc(S(=O)(=O)N(CC2CC2)C2CC2)cc1F. The monoisotopic (exact) mass is 284 g/mol. The van der Waals surface area contributed by atoms with E-state index >= 15 is 0 Å². The van der Waals surface area contributed by atoms with Crippen molar-refractivity contribution in [2.75, 3.05) is 12.3 Å². The van der Waals surface area contributed by atoms with Crippen molar-refractivity contribution in [3.8, 4) is 0 Å². The Kier molecular flexibility index (Phi) is 3.02. The van der Waals surface area contributed by atoms with Crippen molar-refractivity contribution < 1.29 is 12.8 Å². The van der Waals surface area contributed by atoms with Crippen molar-refractivity contribution in [1.29, 1.82) is 0 Å². The van der Waals surface area contributed by atoms with Gasteiger partial charge in [-0.2, -0.15) is 4.31 Å². The summed E-state index contributed by atoms with van der Waals surface area (Å²) in [7, 11) is -3.59. The summed E-state index contributed by atoms with van der Waals surface area (Å²) in [4.78, 5) is 0.00625. The lowest BCUT2D eigenvalue weighted by atomic mass is 10.3. The van der Waals surface area contributed by atoms with Crippen LogP contribution >= 0.6 is 0 Å². The van der Waals surface area contributed by atoms with Gasteiger partial charge in [0, 0.05) is 12.6 Å². The van der Waals surface area contributed by atoms with Gasteiger partial charge in [-0.1, -0.05) is 0 Å². The van der Waals surface area contributed by atoms with Gasteiger partial charge in [-0.3, -0.25) is 0 Å². The molecule has 0 spiro atoms. The lowest BCUT2D eigenvalue weighted by Crippen LogP contribution is -2.35. The van der Waals surface area contributed by atoms with E-state index in [1.54, 1.807) is 4.31 Å². The molecular formula is C13H17FN2O2S. The molecule has 2 aliphatic carbocycles. The van der Waals surface area contributed by atoms with Crippen molar-refractivity contribution in [2.45, 2.75) is 36.6 Å². The number of hydrogen-bond donors (Lipinski definition) is 1. The van der Waals surface area contributed by atoms with E-state index in [0.717, 1.165) is 31.7 Å². The van der Waals surface area contributed by atoms with Crippen LogP contribution in [0.3, 0.4) is 0 Å². The minimum absolute atomic E-state index is 0.00625. The zero-order chi connectivity index (χ0) is 13.6. The first-order valence-corrected chi connectivity index (χ1v) is 7.99. The highest BCUT2D eigenvalue weighted by atomic mass is 32.2. The number of hydrogen-bond acceptors (Lipinski definition) is 3. The fourth-order valence-corrected chi connectivity index (χ4v) is 3.94. The summed E-state index contributed by atoms with van der Waals surface area (Å²) >= 11 is 0. The molecule has 104 valence electrons. The first-order chi connectivity index (χ1) is 8.98. The van der Waals surface area contributed by atoms with E-state index in [4.69, 9.17) is 5.73 Å². The zero-order valence-corrected chi connectivity index (χ0v) is 11.4. The van der Waals surface area contributed by atoms with Gasteiger partial charge in [-0.25, -0.2) is 12.8 Å². The Morgan fingerprint density at radius 1 is 1.26 bits per heavy atom. The van der Waals surface area contributed by atoms with Crippen molar-refractivity contribution in [2.24, 2.45) is 5.92 Å². The summed E-state index contributed by atoms with van der Waals surface area (Å²) in [6.07, 6.45) is 4.00. The Balaban J connectivity index is 1.92. The molecule has 0 radical (unpaired) electrons. The molecular weight excluding hydrogens is 267 g/mol.